The van der Waals surface area contributed by atoms with Crippen LogP contribution >= 0.6 is 34.5 Å². The third-order valence-corrected chi connectivity index (χ3v) is 4.27. The number of nitrogens with one attached hydrogen (secondary N) is 1. The summed E-state index contributed by atoms with van der Waals surface area (Å²) in [5.41, 5.74) is 1.15. The molecule has 1 aromatic rings. The fraction of sp³-hybridized carbons (Fsp3) is 0.667. The van der Waals surface area contributed by atoms with Crippen LogP contribution in [-0.4, -0.2) is 7.05 Å². The van der Waals surface area contributed by atoms with Crippen LogP contribution in [0.3, 0.4) is 0 Å². The van der Waals surface area contributed by atoms with E-state index in [9.17, 15) is 0 Å². The Kier molecular flexibility index (Phi) is 6.74. The lowest BCUT2D eigenvalue weighted by molar-refractivity contribution is 0.506. The van der Waals surface area contributed by atoms with E-state index in [1.807, 2.05) is 13.1 Å². The number of hydrogen-bond acceptors (Lipinski definition) is 2. The van der Waals surface area contributed by atoms with Gasteiger partial charge in [-0.05, 0) is 19.5 Å². The molecule has 1 nitrogen and oxygen atoms in total. The molecule has 1 atom stereocenters. The molecule has 0 bridgehead atoms. The quantitative estimate of drug-likeness (QED) is 0.669. The Hall–Kier alpha value is 0.240. The highest BCUT2D eigenvalue weighted by Gasteiger charge is 2.15. The molecule has 1 aromatic heterocycles. The van der Waals surface area contributed by atoms with Gasteiger partial charge >= 0.3 is 0 Å². The first kappa shape index (κ1) is 14.3. The molecule has 0 aliphatic heterocycles. The Balaban J connectivity index is 2.50. The van der Waals surface area contributed by atoms with Crippen molar-refractivity contribution < 1.29 is 0 Å². The van der Waals surface area contributed by atoms with Gasteiger partial charge in [-0.15, -0.1) is 11.3 Å². The largest absolute Gasteiger partial charge is 0.313 e. The first-order chi connectivity index (χ1) is 7.69. The fourth-order valence-electron chi connectivity index (χ4n) is 1.82. The fourth-order valence-corrected chi connectivity index (χ4v) is 3.40. The summed E-state index contributed by atoms with van der Waals surface area (Å²) >= 11 is 13.6. The minimum Gasteiger partial charge on any atom is -0.313 e. The van der Waals surface area contributed by atoms with Gasteiger partial charge in [-0.1, -0.05) is 55.8 Å². The lowest BCUT2D eigenvalue weighted by Crippen LogP contribution is -2.15. The van der Waals surface area contributed by atoms with Crippen LogP contribution in [0.25, 0.3) is 0 Å². The number of unbranched alkanes of at least 4 members (excludes halogenated alkanes) is 3. The van der Waals surface area contributed by atoms with Crippen LogP contribution in [0.1, 0.15) is 50.6 Å². The Bertz CT molecular complexity index is 312. The second kappa shape index (κ2) is 7.54. The normalized spacial score (nSPS) is 13.0. The van der Waals surface area contributed by atoms with Gasteiger partial charge in [-0.3, -0.25) is 0 Å². The zero-order valence-corrected chi connectivity index (χ0v) is 12.2. The monoisotopic (exact) mass is 279 g/mol. The highest BCUT2D eigenvalue weighted by molar-refractivity contribution is 7.20. The molecule has 1 unspecified atom stereocenters. The van der Waals surface area contributed by atoms with Crippen LogP contribution < -0.4 is 5.32 Å². The maximum Gasteiger partial charge on any atom is 0.0991 e. The van der Waals surface area contributed by atoms with Gasteiger partial charge in [0.1, 0.15) is 0 Å². The van der Waals surface area contributed by atoms with Crippen LogP contribution in [0.5, 0.6) is 0 Å². The molecule has 1 N–H and O–H groups in total. The molecule has 0 radical (unpaired) electrons. The summed E-state index contributed by atoms with van der Waals surface area (Å²) < 4.78 is 1.59. The van der Waals surface area contributed by atoms with Gasteiger partial charge in [0.15, 0.2) is 0 Å². The van der Waals surface area contributed by atoms with Crippen molar-refractivity contribution in [2.75, 3.05) is 7.05 Å². The van der Waals surface area contributed by atoms with Crippen molar-refractivity contribution in [1.82, 2.24) is 5.32 Å². The number of rotatable bonds is 7. The van der Waals surface area contributed by atoms with Gasteiger partial charge in [0, 0.05) is 11.6 Å². The highest BCUT2D eigenvalue weighted by atomic mass is 35.5. The first-order valence-electron chi connectivity index (χ1n) is 5.81. The Labute approximate surface area is 112 Å². The van der Waals surface area contributed by atoms with E-state index in [2.05, 4.69) is 12.2 Å². The predicted molar refractivity (Wildman–Crippen MR) is 74.9 cm³/mol. The summed E-state index contributed by atoms with van der Waals surface area (Å²) in [5, 5.41) is 3.31. The molecule has 0 fully saturated rings. The number of hydrogen-bond donors (Lipinski definition) is 1. The van der Waals surface area contributed by atoms with Crippen LogP contribution in [0.4, 0.5) is 0 Å². The lowest BCUT2D eigenvalue weighted by Gasteiger charge is -2.15. The summed E-state index contributed by atoms with van der Waals surface area (Å²) in [6.45, 7) is 2.23. The zero-order chi connectivity index (χ0) is 12.0. The summed E-state index contributed by atoms with van der Waals surface area (Å²) in [4.78, 5) is 0. The molecule has 92 valence electrons. The van der Waals surface area contributed by atoms with Gasteiger partial charge in [-0.25, -0.2) is 0 Å². The molecule has 0 aromatic carbocycles. The molecule has 0 aliphatic rings. The minimum absolute atomic E-state index is 0.341. The maximum atomic E-state index is 6.15. The maximum absolute atomic E-state index is 6.15. The molecule has 1 rings (SSSR count). The Morgan fingerprint density at radius 1 is 1.31 bits per heavy atom. The Morgan fingerprint density at radius 2 is 2.06 bits per heavy atom. The van der Waals surface area contributed by atoms with E-state index in [1.54, 1.807) is 0 Å². The molecule has 0 aliphatic carbocycles. The highest BCUT2D eigenvalue weighted by Crippen LogP contribution is 2.36. The van der Waals surface area contributed by atoms with Crippen LogP contribution in [-0.2, 0) is 0 Å². The Morgan fingerprint density at radius 3 is 2.56 bits per heavy atom. The van der Waals surface area contributed by atoms with E-state index < -0.39 is 0 Å². The van der Waals surface area contributed by atoms with Crippen molar-refractivity contribution in [1.29, 1.82) is 0 Å². The molecule has 0 amide bonds. The van der Waals surface area contributed by atoms with Crippen molar-refractivity contribution in [2.24, 2.45) is 0 Å². The van der Waals surface area contributed by atoms with Crippen molar-refractivity contribution in [3.8, 4) is 0 Å². The number of thiophene rings is 1. The molecule has 16 heavy (non-hydrogen) atoms. The van der Waals surface area contributed by atoms with E-state index >= 15 is 0 Å². The van der Waals surface area contributed by atoms with Crippen LogP contribution in [0.15, 0.2) is 6.07 Å². The van der Waals surface area contributed by atoms with Crippen molar-refractivity contribution >= 4 is 34.5 Å². The minimum atomic E-state index is 0.341. The summed E-state index contributed by atoms with van der Waals surface area (Å²) in [7, 11) is 1.98. The van der Waals surface area contributed by atoms with E-state index in [-0.39, 0.29) is 0 Å². The molecule has 4 heteroatoms. The van der Waals surface area contributed by atoms with Gasteiger partial charge in [0.05, 0.1) is 8.67 Å². The average molecular weight is 280 g/mol. The van der Waals surface area contributed by atoms with E-state index in [0.717, 1.165) is 20.7 Å². The summed E-state index contributed by atoms with van der Waals surface area (Å²) in [6.07, 6.45) is 6.25. The van der Waals surface area contributed by atoms with Crippen molar-refractivity contribution in [3.05, 3.63) is 20.3 Å². The van der Waals surface area contributed by atoms with E-state index in [1.165, 1.54) is 37.0 Å². The number of halogens is 2. The third-order valence-electron chi connectivity index (χ3n) is 2.75. The summed E-state index contributed by atoms with van der Waals surface area (Å²) in [6, 6.07) is 2.32. The van der Waals surface area contributed by atoms with Crippen LogP contribution in [0, 0.1) is 0 Å². The molecule has 1 heterocycles. The summed E-state index contributed by atoms with van der Waals surface area (Å²) in [5.74, 6) is 0. The second-order valence-corrected chi connectivity index (χ2v) is 6.26. The SMILES string of the molecule is CCCCCCC(NC)c1cc(Cl)sc1Cl. The third kappa shape index (κ3) is 4.25. The van der Waals surface area contributed by atoms with Gasteiger partial charge in [0.2, 0.25) is 0 Å². The molecular weight excluding hydrogens is 261 g/mol. The second-order valence-electron chi connectivity index (χ2n) is 3.97. The van der Waals surface area contributed by atoms with Crippen molar-refractivity contribution in [3.63, 3.8) is 0 Å². The standard InChI is InChI=1S/C12H19Cl2NS/c1-3-4-5-6-7-10(15-2)9-8-11(13)16-12(9)14/h8,10,15H,3-7H2,1-2H3. The first-order valence-corrected chi connectivity index (χ1v) is 7.38. The molecule has 0 saturated heterocycles. The predicted octanol–water partition coefficient (Wildman–Crippen LogP) is 5.29. The molecular formula is C12H19Cl2NS. The smallest absolute Gasteiger partial charge is 0.0991 e. The van der Waals surface area contributed by atoms with E-state index in [4.69, 9.17) is 23.2 Å². The van der Waals surface area contributed by atoms with Gasteiger partial charge < -0.3 is 5.32 Å². The molecule has 0 spiro atoms. The van der Waals surface area contributed by atoms with E-state index in [0.29, 0.717) is 6.04 Å². The van der Waals surface area contributed by atoms with Gasteiger partial charge in [-0.2, -0.15) is 0 Å². The topological polar surface area (TPSA) is 12.0 Å². The van der Waals surface area contributed by atoms with Gasteiger partial charge in [0.25, 0.3) is 0 Å². The molecule has 0 saturated carbocycles. The van der Waals surface area contributed by atoms with Crippen LogP contribution in [0.2, 0.25) is 8.67 Å². The average Bonchev–Trinajstić information content (AvgIpc) is 2.58. The zero-order valence-electron chi connectivity index (χ0n) is 9.85. The lowest BCUT2D eigenvalue weighted by atomic mass is 10.0. The van der Waals surface area contributed by atoms with Crippen molar-refractivity contribution in [2.45, 2.75) is 45.1 Å².